The van der Waals surface area contributed by atoms with Crippen LogP contribution in [0.5, 0.6) is 17.2 Å². The summed E-state index contributed by atoms with van der Waals surface area (Å²) in [4.78, 5) is 13.9. The summed E-state index contributed by atoms with van der Waals surface area (Å²) in [6.45, 7) is 0.659. The number of carboxylic acids is 1. The predicted octanol–water partition coefficient (Wildman–Crippen LogP) is 6.33. The summed E-state index contributed by atoms with van der Waals surface area (Å²) in [6, 6.07) is 16.3. The van der Waals surface area contributed by atoms with E-state index in [0.717, 1.165) is 30.5 Å². The smallest absolute Gasteiger partial charge is 0.416 e. The zero-order valence-electron chi connectivity index (χ0n) is 21.2. The van der Waals surface area contributed by atoms with Crippen molar-refractivity contribution in [1.29, 1.82) is 0 Å². The van der Waals surface area contributed by atoms with Gasteiger partial charge in [0.15, 0.2) is 11.5 Å². The van der Waals surface area contributed by atoms with E-state index >= 15 is 0 Å². The molecule has 2 atom stereocenters. The van der Waals surface area contributed by atoms with Crippen molar-refractivity contribution in [3.8, 4) is 17.2 Å². The van der Waals surface area contributed by atoms with Gasteiger partial charge in [-0.15, -0.1) is 0 Å². The van der Waals surface area contributed by atoms with Gasteiger partial charge in [-0.3, -0.25) is 9.69 Å². The highest BCUT2D eigenvalue weighted by Gasteiger charge is 2.37. The van der Waals surface area contributed by atoms with Gasteiger partial charge in [-0.05, 0) is 60.3 Å². The number of hydrogen-bond acceptors (Lipinski definition) is 5. The molecule has 1 saturated heterocycles. The van der Waals surface area contributed by atoms with Crippen LogP contribution in [0.1, 0.15) is 47.6 Å². The first-order valence-electron chi connectivity index (χ1n) is 12.3. The Labute approximate surface area is 219 Å². The van der Waals surface area contributed by atoms with E-state index in [1.165, 1.54) is 20.3 Å². The zero-order valence-corrected chi connectivity index (χ0v) is 21.2. The van der Waals surface area contributed by atoms with Crippen LogP contribution < -0.4 is 14.2 Å². The van der Waals surface area contributed by atoms with Crippen LogP contribution in [0.3, 0.4) is 0 Å². The van der Waals surface area contributed by atoms with E-state index in [9.17, 15) is 23.1 Å². The highest BCUT2D eigenvalue weighted by molar-refractivity contribution is 5.74. The molecule has 1 fully saturated rings. The van der Waals surface area contributed by atoms with Crippen LogP contribution in [-0.2, 0) is 17.6 Å². The van der Waals surface area contributed by atoms with Gasteiger partial charge in [0, 0.05) is 0 Å². The van der Waals surface area contributed by atoms with Gasteiger partial charge in [0.1, 0.15) is 12.6 Å². The number of aliphatic carboxylic acids is 1. The van der Waals surface area contributed by atoms with Gasteiger partial charge in [-0.1, -0.05) is 48.9 Å². The van der Waals surface area contributed by atoms with Crippen LogP contribution >= 0.6 is 0 Å². The lowest BCUT2D eigenvalue weighted by molar-refractivity contribution is -0.145. The largest absolute Gasteiger partial charge is 0.493 e. The number of hydrogen-bond donors (Lipinski definition) is 1. The molecular formula is C29H30F3NO5. The van der Waals surface area contributed by atoms with Gasteiger partial charge >= 0.3 is 12.1 Å². The van der Waals surface area contributed by atoms with Crippen molar-refractivity contribution in [3.05, 3.63) is 89.0 Å². The number of nitrogens with zero attached hydrogens (tertiary/aromatic N) is 1. The van der Waals surface area contributed by atoms with Gasteiger partial charge in [0.2, 0.25) is 5.75 Å². The Bertz CT molecular complexity index is 1220. The Balaban J connectivity index is 1.82. The Morgan fingerprint density at radius 3 is 2.26 bits per heavy atom. The number of benzene rings is 3. The Kier molecular flexibility index (Phi) is 8.46. The van der Waals surface area contributed by atoms with Crippen molar-refractivity contribution >= 4 is 5.97 Å². The molecule has 9 heteroatoms. The number of carboxylic acid groups (broad SMARTS) is 1. The van der Waals surface area contributed by atoms with Crippen molar-refractivity contribution in [3.63, 3.8) is 0 Å². The first kappa shape index (κ1) is 27.3. The number of carbonyl (C=O) groups is 1. The minimum Gasteiger partial charge on any atom is -0.493 e. The molecule has 1 aliphatic rings. The molecule has 1 heterocycles. The molecule has 0 aromatic heterocycles. The fourth-order valence-corrected chi connectivity index (χ4v) is 4.92. The van der Waals surface area contributed by atoms with Crippen LogP contribution in [0.2, 0.25) is 0 Å². The van der Waals surface area contributed by atoms with Crippen LogP contribution in [0.4, 0.5) is 13.2 Å². The Hall–Kier alpha value is -3.72. The van der Waals surface area contributed by atoms with Crippen molar-refractivity contribution in [2.45, 2.75) is 44.1 Å². The summed E-state index contributed by atoms with van der Waals surface area (Å²) in [6.07, 6.45) is -2.69. The molecule has 0 aliphatic carbocycles. The van der Waals surface area contributed by atoms with Crippen molar-refractivity contribution < 1.29 is 37.3 Å². The minimum atomic E-state index is -4.54. The molecule has 0 saturated carbocycles. The normalized spacial score (nSPS) is 17.0. The van der Waals surface area contributed by atoms with Crippen LogP contribution in [0.15, 0.2) is 66.7 Å². The summed E-state index contributed by atoms with van der Waals surface area (Å²) >= 11 is 0. The maximum atomic E-state index is 13.6. The van der Waals surface area contributed by atoms with E-state index in [1.54, 1.807) is 23.1 Å². The number of rotatable bonds is 9. The summed E-state index contributed by atoms with van der Waals surface area (Å²) < 4.78 is 58.2. The quantitative estimate of drug-likeness (QED) is 0.349. The van der Waals surface area contributed by atoms with E-state index in [0.29, 0.717) is 41.3 Å². The van der Waals surface area contributed by atoms with Crippen molar-refractivity contribution in [2.75, 3.05) is 20.8 Å². The molecule has 1 N–H and O–H groups in total. The molecule has 202 valence electrons. The number of piperidine rings is 1. The summed E-state index contributed by atoms with van der Waals surface area (Å²) in [7, 11) is 2.93. The van der Waals surface area contributed by atoms with Gasteiger partial charge in [-0.2, -0.15) is 13.2 Å². The second kappa shape index (κ2) is 11.8. The van der Waals surface area contributed by atoms with Gasteiger partial charge in [0.25, 0.3) is 0 Å². The van der Waals surface area contributed by atoms with Gasteiger partial charge < -0.3 is 19.3 Å². The molecule has 4 rings (SSSR count). The lowest BCUT2D eigenvalue weighted by Gasteiger charge is -2.40. The monoisotopic (exact) mass is 529 g/mol. The number of likely N-dealkylation sites (tertiary alicyclic amines) is 1. The molecular weight excluding hydrogens is 499 g/mol. The van der Waals surface area contributed by atoms with Crippen LogP contribution in [0.25, 0.3) is 0 Å². The topological polar surface area (TPSA) is 68.2 Å². The third kappa shape index (κ3) is 6.05. The highest BCUT2D eigenvalue weighted by atomic mass is 19.4. The molecule has 0 radical (unpaired) electrons. The third-order valence-electron chi connectivity index (χ3n) is 6.72. The lowest BCUT2D eigenvalue weighted by Crippen LogP contribution is -2.46. The molecule has 38 heavy (non-hydrogen) atoms. The predicted molar refractivity (Wildman–Crippen MR) is 136 cm³/mol. The number of methoxy groups -OCH3 is 2. The number of alkyl halides is 3. The molecule has 0 spiro atoms. The second-order valence-corrected chi connectivity index (χ2v) is 9.14. The van der Waals surface area contributed by atoms with Crippen molar-refractivity contribution in [1.82, 2.24) is 4.90 Å². The molecule has 6 nitrogen and oxygen atoms in total. The highest BCUT2D eigenvalue weighted by Crippen LogP contribution is 2.44. The maximum absolute atomic E-state index is 13.6. The zero-order chi connectivity index (χ0) is 27.3. The average Bonchev–Trinajstić information content (AvgIpc) is 2.92. The fourth-order valence-electron chi connectivity index (χ4n) is 4.92. The first-order chi connectivity index (χ1) is 18.2. The molecule has 0 amide bonds. The number of halogens is 3. The molecule has 1 aliphatic heterocycles. The van der Waals surface area contributed by atoms with E-state index in [1.807, 2.05) is 30.3 Å². The Morgan fingerprint density at radius 2 is 1.66 bits per heavy atom. The minimum absolute atomic E-state index is 0.247. The number of ether oxygens (including phenoxy) is 3. The van der Waals surface area contributed by atoms with E-state index < -0.39 is 29.8 Å². The molecule has 0 bridgehead atoms. The average molecular weight is 530 g/mol. The van der Waals surface area contributed by atoms with Crippen LogP contribution in [-0.4, -0.2) is 42.8 Å². The fraction of sp³-hybridized carbons (Fsp3) is 0.345. The van der Waals surface area contributed by atoms with Gasteiger partial charge in [-0.25, -0.2) is 0 Å². The summed E-state index contributed by atoms with van der Waals surface area (Å²) in [5.74, 6) is -0.00507. The molecule has 2 unspecified atom stereocenters. The third-order valence-corrected chi connectivity index (χ3v) is 6.72. The maximum Gasteiger partial charge on any atom is 0.416 e. The van der Waals surface area contributed by atoms with E-state index in [4.69, 9.17) is 14.2 Å². The molecule has 3 aromatic rings. The van der Waals surface area contributed by atoms with Crippen LogP contribution in [0, 0.1) is 0 Å². The second-order valence-electron chi connectivity index (χ2n) is 9.14. The lowest BCUT2D eigenvalue weighted by atomic mass is 9.90. The van der Waals surface area contributed by atoms with E-state index in [-0.39, 0.29) is 6.61 Å². The molecule has 3 aromatic carbocycles. The van der Waals surface area contributed by atoms with E-state index in [2.05, 4.69) is 0 Å². The van der Waals surface area contributed by atoms with Crippen molar-refractivity contribution in [2.24, 2.45) is 0 Å². The summed E-state index contributed by atoms with van der Waals surface area (Å²) in [5, 5.41) is 9.97. The SMILES string of the molecule is COc1cc(C(c2cccc(C(F)(F)F)c2)N2CCCCC2C(=O)O)cc(OC)c1OCc1ccccc1. The standard InChI is InChI=1S/C29H30F3NO5/c1-36-24-16-21(17-25(37-2)27(24)38-18-19-9-4-3-5-10-19)26(33-14-7-6-13-23(33)28(34)35)20-11-8-12-22(15-20)29(30,31)32/h3-5,8-12,15-17,23,26H,6-7,13-14,18H2,1-2H3,(H,34,35). The summed E-state index contributed by atoms with van der Waals surface area (Å²) in [5.41, 5.74) is 0.999. The van der Waals surface area contributed by atoms with Gasteiger partial charge in [0.05, 0.1) is 25.8 Å². The first-order valence-corrected chi connectivity index (χ1v) is 12.3. The Morgan fingerprint density at radius 1 is 0.974 bits per heavy atom.